The molecule has 1 saturated heterocycles. The maximum atomic E-state index is 13.5. The van der Waals surface area contributed by atoms with Crippen LogP contribution >= 0.6 is 0 Å². The van der Waals surface area contributed by atoms with E-state index in [4.69, 9.17) is 0 Å². The second-order valence-corrected chi connectivity index (χ2v) is 9.58. The lowest BCUT2D eigenvalue weighted by molar-refractivity contribution is 0.437. The van der Waals surface area contributed by atoms with Gasteiger partial charge < -0.3 is 9.45 Å². The highest BCUT2D eigenvalue weighted by Crippen LogP contribution is 2.39. The highest BCUT2D eigenvalue weighted by atomic mass is 32.2. The van der Waals surface area contributed by atoms with E-state index in [0.717, 1.165) is 58.2 Å². The van der Waals surface area contributed by atoms with E-state index in [1.54, 1.807) is 0 Å². The molecular weight excluding hydrogens is 352 g/mol. The molecule has 1 atom stereocenters. The third-order valence-corrected chi connectivity index (χ3v) is 7.33. The van der Waals surface area contributed by atoms with Gasteiger partial charge in [-0.25, -0.2) is 0 Å². The van der Waals surface area contributed by atoms with Crippen molar-refractivity contribution in [3.05, 3.63) is 52.6 Å². The Morgan fingerprint density at radius 2 is 1.89 bits per heavy atom. The molecule has 1 unspecified atom stereocenters. The molecule has 0 radical (unpaired) electrons. The van der Waals surface area contributed by atoms with Gasteiger partial charge in [-0.15, -0.1) is 0 Å². The first kappa shape index (κ1) is 18.6. The Morgan fingerprint density at radius 3 is 2.59 bits per heavy atom. The van der Waals surface area contributed by atoms with Crippen molar-refractivity contribution in [1.29, 1.82) is 0 Å². The summed E-state index contributed by atoms with van der Waals surface area (Å²) in [6.07, 6.45) is 10.3. The van der Waals surface area contributed by atoms with Crippen LogP contribution in [0.1, 0.15) is 45.1 Å². The predicted octanol–water partition coefficient (Wildman–Crippen LogP) is 5.51. The van der Waals surface area contributed by atoms with Crippen LogP contribution in [0.25, 0.3) is 10.9 Å². The zero-order valence-electron chi connectivity index (χ0n) is 16.5. The zero-order chi connectivity index (χ0) is 19.0. The van der Waals surface area contributed by atoms with E-state index >= 15 is 0 Å². The quantitative estimate of drug-likeness (QED) is 0.659. The van der Waals surface area contributed by atoms with E-state index < -0.39 is 11.2 Å². The van der Waals surface area contributed by atoms with Crippen molar-refractivity contribution >= 4 is 27.8 Å². The maximum Gasteiger partial charge on any atom is 0.200 e. The molecular formula is C23H28N2OS. The number of anilines is 1. The Labute approximate surface area is 165 Å². The van der Waals surface area contributed by atoms with Crippen LogP contribution in [0.5, 0.6) is 0 Å². The third-order valence-electron chi connectivity index (χ3n) is 5.82. The number of piperidine rings is 1. The minimum Gasteiger partial charge on any atom is -0.607 e. The third kappa shape index (κ3) is 3.78. The van der Waals surface area contributed by atoms with Gasteiger partial charge in [-0.1, -0.05) is 30.7 Å². The van der Waals surface area contributed by atoms with Gasteiger partial charge >= 0.3 is 0 Å². The lowest BCUT2D eigenvalue weighted by atomic mass is 9.98. The summed E-state index contributed by atoms with van der Waals surface area (Å²) in [6.45, 7) is 8.60. The summed E-state index contributed by atoms with van der Waals surface area (Å²) in [4.78, 5) is 9.01. The molecule has 2 aromatic rings. The molecule has 3 nitrogen and oxygen atoms in total. The number of pyridine rings is 1. The van der Waals surface area contributed by atoms with Gasteiger partial charge in [-0.2, -0.15) is 0 Å². The van der Waals surface area contributed by atoms with Crippen molar-refractivity contribution in [2.24, 2.45) is 5.92 Å². The highest BCUT2D eigenvalue weighted by Gasteiger charge is 2.29. The molecule has 1 aromatic carbocycles. The molecule has 2 heterocycles. The van der Waals surface area contributed by atoms with Crippen LogP contribution in [0.3, 0.4) is 0 Å². The lowest BCUT2D eigenvalue weighted by Gasteiger charge is -2.34. The molecule has 4 heteroatoms. The first-order valence-electron chi connectivity index (χ1n) is 9.95. The van der Waals surface area contributed by atoms with Crippen LogP contribution in [-0.4, -0.2) is 22.6 Å². The number of aromatic nitrogens is 1. The molecule has 0 saturated carbocycles. The number of hydrogen-bond acceptors (Lipinski definition) is 3. The van der Waals surface area contributed by atoms with Gasteiger partial charge in [0, 0.05) is 36.1 Å². The number of benzene rings is 1. The Morgan fingerprint density at radius 1 is 1.11 bits per heavy atom. The van der Waals surface area contributed by atoms with Crippen LogP contribution in [0.4, 0.5) is 5.69 Å². The average molecular weight is 381 g/mol. The molecule has 0 spiro atoms. The summed E-state index contributed by atoms with van der Waals surface area (Å²) in [7, 11) is 0. The summed E-state index contributed by atoms with van der Waals surface area (Å²) < 4.78 is 13.5. The fraction of sp³-hybridized carbons (Fsp3) is 0.435. The van der Waals surface area contributed by atoms with Gasteiger partial charge in [0.25, 0.3) is 0 Å². The van der Waals surface area contributed by atoms with Crippen molar-refractivity contribution in [2.75, 3.05) is 18.0 Å². The van der Waals surface area contributed by atoms with E-state index in [1.165, 1.54) is 24.0 Å². The molecule has 1 aliphatic carbocycles. The van der Waals surface area contributed by atoms with E-state index in [-0.39, 0.29) is 0 Å². The minimum atomic E-state index is -1.16. The predicted molar refractivity (Wildman–Crippen MR) is 115 cm³/mol. The summed E-state index contributed by atoms with van der Waals surface area (Å²) in [5.74, 6) is 0.764. The summed E-state index contributed by atoms with van der Waals surface area (Å²) in [6, 6.07) is 6.42. The molecule has 4 rings (SSSR count). The number of nitrogens with zero attached hydrogens (tertiary/aromatic N) is 2. The molecule has 1 aromatic heterocycles. The topological polar surface area (TPSA) is 39.2 Å². The lowest BCUT2D eigenvalue weighted by Crippen LogP contribution is -2.34. The summed E-state index contributed by atoms with van der Waals surface area (Å²) in [5, 5.41) is 1.13. The van der Waals surface area contributed by atoms with Gasteiger partial charge in [0.15, 0.2) is 4.90 Å². The fourth-order valence-electron chi connectivity index (χ4n) is 3.98. The Balaban J connectivity index is 1.82. The van der Waals surface area contributed by atoms with Gasteiger partial charge in [0.2, 0.25) is 0 Å². The normalized spacial score (nSPS) is 19.8. The van der Waals surface area contributed by atoms with Crippen molar-refractivity contribution < 1.29 is 4.55 Å². The van der Waals surface area contributed by atoms with Crippen molar-refractivity contribution in [3.8, 4) is 0 Å². The van der Waals surface area contributed by atoms with Crippen molar-refractivity contribution in [2.45, 2.75) is 51.3 Å². The second-order valence-electron chi connectivity index (χ2n) is 8.08. The van der Waals surface area contributed by atoms with Gasteiger partial charge in [0.05, 0.1) is 11.7 Å². The number of aryl methyl sites for hydroxylation is 1. The number of hydrogen-bond donors (Lipinski definition) is 0. The van der Waals surface area contributed by atoms with Crippen LogP contribution in [0.2, 0.25) is 0 Å². The molecule has 0 bridgehead atoms. The van der Waals surface area contributed by atoms with Crippen molar-refractivity contribution in [1.82, 2.24) is 4.98 Å². The smallest absolute Gasteiger partial charge is 0.200 e. The highest BCUT2D eigenvalue weighted by molar-refractivity contribution is 7.95. The number of fused-ring (bicyclic) bond motifs is 1. The number of rotatable bonds is 3. The standard InChI is InChI=1S/C23H28N2OS/c1-16-4-7-19(8-5-16)27(26)22-15-24-21-14-18(3)6-9-20(21)23(22)25-12-10-17(2)11-13-25/h4,6-7,9,14-15,17H,5,8,10-13H2,1-3H3. The maximum absolute atomic E-state index is 13.5. The summed E-state index contributed by atoms with van der Waals surface area (Å²) >= 11 is -1.16. The van der Waals surface area contributed by atoms with E-state index in [2.05, 4.69) is 61.0 Å². The molecule has 2 aliphatic rings. The Bertz CT molecular complexity index is 910. The van der Waals surface area contributed by atoms with Crippen LogP contribution in [-0.2, 0) is 11.2 Å². The van der Waals surface area contributed by atoms with Gasteiger partial charge in [-0.05, 0) is 56.7 Å². The van der Waals surface area contributed by atoms with Crippen LogP contribution in [0.15, 0.2) is 51.9 Å². The molecule has 27 heavy (non-hydrogen) atoms. The zero-order valence-corrected chi connectivity index (χ0v) is 17.3. The molecule has 0 amide bonds. The first-order chi connectivity index (χ1) is 13.0. The molecule has 0 N–H and O–H groups in total. The van der Waals surface area contributed by atoms with Gasteiger partial charge in [-0.3, -0.25) is 4.98 Å². The molecule has 1 fully saturated rings. The fourth-order valence-corrected chi connectivity index (χ4v) is 5.31. The monoisotopic (exact) mass is 380 g/mol. The first-order valence-corrected chi connectivity index (χ1v) is 11.1. The Kier molecular flexibility index (Phi) is 5.29. The minimum absolute atomic E-state index is 0.764. The molecule has 1 aliphatic heterocycles. The van der Waals surface area contributed by atoms with Crippen LogP contribution in [0, 0.1) is 12.8 Å². The largest absolute Gasteiger partial charge is 0.607 e. The van der Waals surface area contributed by atoms with Crippen LogP contribution < -0.4 is 4.90 Å². The second kappa shape index (κ2) is 7.69. The average Bonchev–Trinajstić information content (AvgIpc) is 2.68. The molecule has 142 valence electrons. The summed E-state index contributed by atoms with van der Waals surface area (Å²) in [5.41, 5.74) is 4.70. The van der Waals surface area contributed by atoms with E-state index in [1.807, 2.05) is 6.20 Å². The van der Waals surface area contributed by atoms with Gasteiger partial charge in [0.1, 0.15) is 10.6 Å². The van der Waals surface area contributed by atoms with E-state index in [9.17, 15) is 4.55 Å². The number of allylic oxidation sites excluding steroid dienone is 4. The van der Waals surface area contributed by atoms with Crippen molar-refractivity contribution in [3.63, 3.8) is 0 Å². The van der Waals surface area contributed by atoms with E-state index in [0.29, 0.717) is 0 Å². The Hall–Kier alpha value is -1.78. The SMILES string of the molecule is CC1=CC=C([S+]([O-])c2cnc3cc(C)ccc3c2N2CCC(C)CC2)CC1.